The fourth-order valence-electron chi connectivity index (χ4n) is 3.46. The quantitative estimate of drug-likeness (QED) is 0.587. The molecular formula is C20H20N4OS. The molecule has 1 N–H and O–H groups in total. The molecule has 0 aliphatic carbocycles. The maximum Gasteiger partial charge on any atom is 0.270 e. The van der Waals surface area contributed by atoms with Crippen molar-refractivity contribution < 1.29 is 4.79 Å². The Kier molecular flexibility index (Phi) is 4.00. The number of rotatable bonds is 3. The molecule has 5 nitrogen and oxygen atoms in total. The number of nitrogens with zero attached hydrogens (tertiary/aromatic N) is 3. The maximum absolute atomic E-state index is 13.0. The zero-order valence-corrected chi connectivity index (χ0v) is 16.1. The predicted octanol–water partition coefficient (Wildman–Crippen LogP) is 4.37. The van der Waals surface area contributed by atoms with Gasteiger partial charge in [-0.15, -0.1) is 0 Å². The van der Waals surface area contributed by atoms with Gasteiger partial charge < -0.3 is 9.88 Å². The monoisotopic (exact) mass is 364 g/mol. The fourth-order valence-corrected chi connectivity index (χ4v) is 3.98. The topological polar surface area (TPSA) is 61.9 Å². The van der Waals surface area contributed by atoms with E-state index in [2.05, 4.69) is 39.7 Å². The van der Waals surface area contributed by atoms with E-state index in [1.807, 2.05) is 32.2 Å². The first-order valence-corrected chi connectivity index (χ1v) is 9.23. The van der Waals surface area contributed by atoms with Crippen molar-refractivity contribution in [2.45, 2.75) is 27.3 Å². The van der Waals surface area contributed by atoms with Crippen LogP contribution in [0.5, 0.6) is 0 Å². The third kappa shape index (κ3) is 2.76. The molecule has 0 radical (unpaired) electrons. The Morgan fingerprint density at radius 2 is 1.88 bits per heavy atom. The molecule has 0 spiro atoms. The molecule has 2 aromatic carbocycles. The number of hydrogen-bond acceptors (Lipinski definition) is 4. The molecule has 26 heavy (non-hydrogen) atoms. The van der Waals surface area contributed by atoms with E-state index in [4.69, 9.17) is 0 Å². The molecule has 0 saturated heterocycles. The van der Waals surface area contributed by atoms with Gasteiger partial charge in [-0.25, -0.2) is 0 Å². The minimum absolute atomic E-state index is 0.00717. The Balaban J connectivity index is 1.65. The van der Waals surface area contributed by atoms with Crippen LogP contribution in [-0.4, -0.2) is 31.6 Å². The minimum Gasteiger partial charge on any atom is -0.350 e. The fraction of sp³-hybridized carbons (Fsp3) is 0.250. The van der Waals surface area contributed by atoms with E-state index in [1.54, 1.807) is 4.90 Å². The van der Waals surface area contributed by atoms with Crippen molar-refractivity contribution in [3.63, 3.8) is 0 Å². The maximum atomic E-state index is 13.0. The zero-order valence-electron chi connectivity index (χ0n) is 15.3. The lowest BCUT2D eigenvalue weighted by atomic mass is 10.1. The van der Waals surface area contributed by atoms with Crippen LogP contribution in [0.3, 0.4) is 0 Å². The van der Waals surface area contributed by atoms with Crippen molar-refractivity contribution in [2.24, 2.45) is 0 Å². The van der Waals surface area contributed by atoms with Crippen LogP contribution in [0, 0.1) is 20.8 Å². The van der Waals surface area contributed by atoms with Crippen molar-refractivity contribution in [3.8, 4) is 0 Å². The number of benzene rings is 2. The summed E-state index contributed by atoms with van der Waals surface area (Å²) in [6.45, 7) is 6.68. The van der Waals surface area contributed by atoms with Crippen molar-refractivity contribution in [1.29, 1.82) is 0 Å². The molecule has 2 aromatic heterocycles. The van der Waals surface area contributed by atoms with Crippen LogP contribution in [0.15, 0.2) is 30.3 Å². The lowest BCUT2D eigenvalue weighted by Crippen LogP contribution is -2.27. The lowest BCUT2D eigenvalue weighted by Gasteiger charge is -2.17. The third-order valence-corrected chi connectivity index (χ3v) is 5.36. The molecule has 1 amide bonds. The Morgan fingerprint density at radius 1 is 1.12 bits per heavy atom. The second-order valence-electron chi connectivity index (χ2n) is 6.88. The van der Waals surface area contributed by atoms with Gasteiger partial charge in [0.1, 0.15) is 16.7 Å². The first-order valence-electron chi connectivity index (χ1n) is 8.50. The Hall–Kier alpha value is -2.73. The molecule has 6 heteroatoms. The molecule has 0 unspecified atom stereocenters. The van der Waals surface area contributed by atoms with Gasteiger partial charge in [0.15, 0.2) is 0 Å². The summed E-state index contributed by atoms with van der Waals surface area (Å²) in [5, 5.41) is 1.12. The summed E-state index contributed by atoms with van der Waals surface area (Å²) in [6, 6.07) is 10.2. The van der Waals surface area contributed by atoms with E-state index in [1.165, 1.54) is 17.3 Å². The number of aryl methyl sites for hydroxylation is 3. The normalized spacial score (nSPS) is 11.4. The van der Waals surface area contributed by atoms with Gasteiger partial charge in [0.2, 0.25) is 0 Å². The second kappa shape index (κ2) is 6.21. The van der Waals surface area contributed by atoms with Gasteiger partial charge in [-0.1, -0.05) is 17.7 Å². The van der Waals surface area contributed by atoms with Crippen LogP contribution >= 0.6 is 11.7 Å². The number of amides is 1. The molecule has 132 valence electrons. The van der Waals surface area contributed by atoms with Crippen LogP contribution in [0.4, 0.5) is 0 Å². The molecular weight excluding hydrogens is 344 g/mol. The largest absolute Gasteiger partial charge is 0.350 e. The van der Waals surface area contributed by atoms with Gasteiger partial charge in [-0.3, -0.25) is 4.79 Å². The number of aromatic nitrogens is 3. The zero-order chi connectivity index (χ0) is 18.4. The van der Waals surface area contributed by atoms with Crippen molar-refractivity contribution in [1.82, 2.24) is 18.6 Å². The molecule has 2 heterocycles. The highest BCUT2D eigenvalue weighted by Gasteiger charge is 2.19. The van der Waals surface area contributed by atoms with E-state index >= 15 is 0 Å². The summed E-state index contributed by atoms with van der Waals surface area (Å²) in [4.78, 5) is 18.1. The standard InChI is InChI=1S/C20H20N4OS/c1-11-7-12(2)18-15(8-11)13(3)19(21-18)20(25)24(4)10-14-5-6-16-17(9-14)23-26-22-16/h5-9,21H,10H2,1-4H3. The summed E-state index contributed by atoms with van der Waals surface area (Å²) in [5.74, 6) is -0.00717. The summed E-state index contributed by atoms with van der Waals surface area (Å²) in [7, 11) is 1.83. The van der Waals surface area contributed by atoms with E-state index in [-0.39, 0.29) is 5.91 Å². The van der Waals surface area contributed by atoms with Gasteiger partial charge in [-0.05, 0) is 55.7 Å². The van der Waals surface area contributed by atoms with Crippen molar-refractivity contribution in [2.75, 3.05) is 7.05 Å². The summed E-state index contributed by atoms with van der Waals surface area (Å²) in [5.41, 5.74) is 7.88. The number of carbonyl (C=O) groups excluding carboxylic acids is 1. The van der Waals surface area contributed by atoms with Crippen LogP contribution in [-0.2, 0) is 6.54 Å². The number of fused-ring (bicyclic) bond motifs is 2. The Bertz CT molecular complexity index is 1140. The third-order valence-electron chi connectivity index (χ3n) is 4.81. The Labute approximate surface area is 156 Å². The van der Waals surface area contributed by atoms with Gasteiger partial charge in [0.25, 0.3) is 5.91 Å². The minimum atomic E-state index is -0.00717. The Morgan fingerprint density at radius 3 is 2.69 bits per heavy atom. The average molecular weight is 364 g/mol. The van der Waals surface area contributed by atoms with Crippen LogP contribution in [0.2, 0.25) is 0 Å². The average Bonchev–Trinajstić information content (AvgIpc) is 3.19. The highest BCUT2D eigenvalue weighted by Crippen LogP contribution is 2.27. The molecule has 0 aliphatic rings. The van der Waals surface area contributed by atoms with Gasteiger partial charge in [0.05, 0.1) is 11.7 Å². The number of nitrogens with one attached hydrogen (secondary N) is 1. The number of hydrogen-bond donors (Lipinski definition) is 1. The van der Waals surface area contributed by atoms with E-state index in [9.17, 15) is 4.79 Å². The number of carbonyl (C=O) groups is 1. The number of aromatic amines is 1. The second-order valence-corrected chi connectivity index (χ2v) is 7.41. The molecule has 4 aromatic rings. The highest BCUT2D eigenvalue weighted by molar-refractivity contribution is 7.00. The van der Waals surface area contributed by atoms with E-state index < -0.39 is 0 Å². The van der Waals surface area contributed by atoms with Gasteiger partial charge in [-0.2, -0.15) is 8.75 Å². The lowest BCUT2D eigenvalue weighted by molar-refractivity contribution is 0.0779. The summed E-state index contributed by atoms with van der Waals surface area (Å²) >= 11 is 1.20. The smallest absolute Gasteiger partial charge is 0.270 e. The molecule has 4 rings (SSSR count). The van der Waals surface area contributed by atoms with Crippen LogP contribution < -0.4 is 0 Å². The highest BCUT2D eigenvalue weighted by atomic mass is 32.1. The molecule has 0 fully saturated rings. The summed E-state index contributed by atoms with van der Waals surface area (Å²) in [6.07, 6.45) is 0. The first-order chi connectivity index (χ1) is 12.4. The van der Waals surface area contributed by atoms with E-state index in [0.29, 0.717) is 12.2 Å². The predicted molar refractivity (Wildman–Crippen MR) is 106 cm³/mol. The number of H-pyrrole nitrogens is 1. The molecule has 0 aliphatic heterocycles. The van der Waals surface area contributed by atoms with Crippen LogP contribution in [0.25, 0.3) is 21.9 Å². The molecule has 0 atom stereocenters. The molecule has 0 saturated carbocycles. The first kappa shape index (κ1) is 16.7. The summed E-state index contributed by atoms with van der Waals surface area (Å²) < 4.78 is 8.49. The molecule has 0 bridgehead atoms. The van der Waals surface area contributed by atoms with Crippen molar-refractivity contribution in [3.05, 3.63) is 58.3 Å². The van der Waals surface area contributed by atoms with Gasteiger partial charge >= 0.3 is 0 Å². The van der Waals surface area contributed by atoms with Gasteiger partial charge in [0, 0.05) is 24.5 Å². The van der Waals surface area contributed by atoms with Crippen molar-refractivity contribution >= 4 is 39.6 Å². The SMILES string of the molecule is Cc1cc(C)c2[nH]c(C(=O)N(C)Cc3ccc4nsnc4c3)c(C)c2c1. The van der Waals surface area contributed by atoms with E-state index in [0.717, 1.165) is 38.6 Å². The van der Waals surface area contributed by atoms with Crippen LogP contribution in [0.1, 0.15) is 32.7 Å².